The van der Waals surface area contributed by atoms with E-state index >= 15 is 0 Å². The van der Waals surface area contributed by atoms with Gasteiger partial charge in [0.25, 0.3) is 0 Å². The fourth-order valence-corrected chi connectivity index (χ4v) is 28.8. The number of hydrogen-bond donors (Lipinski definition) is 0. The molecule has 0 amide bonds. The summed E-state index contributed by atoms with van der Waals surface area (Å²) in [5.41, 5.74) is 17.6. The van der Waals surface area contributed by atoms with Crippen molar-refractivity contribution in [1.29, 1.82) is 0 Å². The maximum Gasteiger partial charge on any atom is 0.144 e. The summed E-state index contributed by atoms with van der Waals surface area (Å²) in [6.07, 6.45) is 9.20. The first kappa shape index (κ1) is 75.9. The molecule has 0 unspecified atom stereocenters. The number of furan rings is 4. The summed E-state index contributed by atoms with van der Waals surface area (Å²) >= 11 is 7.48. The van der Waals surface area contributed by atoms with Crippen LogP contribution in [0.1, 0.15) is 0 Å². The van der Waals surface area contributed by atoms with Crippen LogP contribution in [-0.4, -0.2) is 17.6 Å². The van der Waals surface area contributed by atoms with E-state index in [1.165, 1.54) is 276 Å². The predicted molar refractivity (Wildman–Crippen MR) is 600 cm³/mol. The van der Waals surface area contributed by atoms with Gasteiger partial charge in [0.15, 0.2) is 0 Å². The molecule has 0 spiro atoms. The Morgan fingerprint density at radius 2 is 0.436 bits per heavy atom. The smallest absolute Gasteiger partial charge is 0.144 e. The summed E-state index contributed by atoms with van der Waals surface area (Å²) in [6.45, 7) is 0. The maximum absolute atomic E-state index is 6.59. The molecular formula is C128H68N4O4S4. The molecule has 0 atom stereocenters. The van der Waals surface area contributed by atoms with Crippen molar-refractivity contribution in [1.82, 2.24) is 17.6 Å². The second-order valence-electron chi connectivity index (χ2n) is 37.4. The normalized spacial score (nSPS) is 12.6. The number of aromatic nitrogens is 4. The van der Waals surface area contributed by atoms with Gasteiger partial charge in [-0.15, -0.1) is 45.3 Å². The molecule has 140 heavy (non-hydrogen) atoms. The lowest BCUT2D eigenvalue weighted by Crippen LogP contribution is -1.91. The summed E-state index contributed by atoms with van der Waals surface area (Å²) in [5.74, 6) is 0. The lowest BCUT2D eigenvalue weighted by molar-refractivity contribution is 0.669. The molecule has 0 aliphatic carbocycles. The van der Waals surface area contributed by atoms with Gasteiger partial charge in [0.1, 0.15) is 44.7 Å². The van der Waals surface area contributed by atoms with Gasteiger partial charge in [0.2, 0.25) is 0 Å². The number of para-hydroxylation sites is 4. The van der Waals surface area contributed by atoms with Crippen molar-refractivity contribution in [2.45, 2.75) is 0 Å². The summed E-state index contributed by atoms with van der Waals surface area (Å²) in [6, 6.07) is 140. The summed E-state index contributed by atoms with van der Waals surface area (Å²) < 4.78 is 46.1. The molecule has 648 valence electrons. The fourth-order valence-electron chi connectivity index (χ4n) is 24.4. The van der Waals surface area contributed by atoms with Crippen molar-refractivity contribution >= 4 is 366 Å². The van der Waals surface area contributed by atoms with Crippen LogP contribution in [0, 0.1) is 0 Å². The number of thiophene rings is 4. The summed E-state index contributed by atoms with van der Waals surface area (Å²) in [5, 5.41) is 45.0. The quantitative estimate of drug-likeness (QED) is 0.142. The third-order valence-corrected chi connectivity index (χ3v) is 34.7. The number of hydrogen-bond acceptors (Lipinski definition) is 8. The maximum atomic E-state index is 6.59. The van der Waals surface area contributed by atoms with E-state index < -0.39 is 0 Å². The van der Waals surface area contributed by atoms with Gasteiger partial charge in [-0.25, -0.2) is 0 Å². The number of nitrogens with zero attached hydrogens (tertiary/aromatic N) is 4. The van der Waals surface area contributed by atoms with E-state index in [0.29, 0.717) is 0 Å². The number of rotatable bonds is 0. The van der Waals surface area contributed by atoms with E-state index in [9.17, 15) is 0 Å². The van der Waals surface area contributed by atoms with E-state index in [1.807, 2.05) is 69.6 Å². The molecule has 36 rings (SSSR count). The fraction of sp³-hybridized carbons (Fsp3) is 0. The number of pyridine rings is 4. The van der Waals surface area contributed by atoms with Crippen molar-refractivity contribution in [3.63, 3.8) is 0 Å². The largest absolute Gasteiger partial charge is 0.456 e. The monoisotopic (exact) mass is 1850 g/mol. The van der Waals surface area contributed by atoms with Crippen LogP contribution in [0.4, 0.5) is 0 Å². The average molecular weight is 1850 g/mol. The lowest BCUT2D eigenvalue weighted by atomic mass is 9.97. The average Bonchev–Trinajstić information content (AvgIpc) is 1.53. The SMILES string of the molecule is c1ccc2c(c1)cn1c2c2ccc3c4ccccc4oc3c2c2ccc3sc4ccccc4c3c21.c1ccc2c(c1)cn1c2c2ccc3oc4ccccc4c3c2c2ccc3sc4ccccc4c3c21.c1ccc2c(c1)cn1c3cc4c(cc3c3c(ccc5oc6ccccc6c53)c21)sc1ccccc14.c1ccc2c(c1)cn1c3cc4sc5ccccc5c4cc3c3c(ccc4c5ccccc5oc43)c21. The van der Waals surface area contributed by atoms with Crippen molar-refractivity contribution in [3.8, 4) is 0 Å². The van der Waals surface area contributed by atoms with Gasteiger partial charge in [-0.1, -0.05) is 267 Å². The van der Waals surface area contributed by atoms with Crippen LogP contribution >= 0.6 is 45.3 Å². The highest BCUT2D eigenvalue weighted by Gasteiger charge is 2.28. The highest BCUT2D eigenvalue weighted by Crippen LogP contribution is 2.53. The minimum Gasteiger partial charge on any atom is -0.456 e. The molecular weight excluding hydrogens is 1790 g/mol. The first-order valence-corrected chi connectivity index (χ1v) is 50.7. The molecule has 12 heteroatoms. The molecule has 36 aromatic rings. The van der Waals surface area contributed by atoms with Crippen LogP contribution in [0.3, 0.4) is 0 Å². The highest BCUT2D eigenvalue weighted by molar-refractivity contribution is 7.27. The van der Waals surface area contributed by atoms with Crippen LogP contribution in [0.25, 0.3) is 320 Å². The summed E-state index contributed by atoms with van der Waals surface area (Å²) in [7, 11) is 0. The van der Waals surface area contributed by atoms with Crippen LogP contribution in [0.15, 0.2) is 431 Å². The molecule has 0 aliphatic heterocycles. The Hall–Kier alpha value is -17.4. The molecule has 0 fully saturated rings. The van der Waals surface area contributed by atoms with E-state index in [1.54, 1.807) is 0 Å². The van der Waals surface area contributed by atoms with Crippen molar-refractivity contribution < 1.29 is 17.7 Å². The Kier molecular flexibility index (Phi) is 15.3. The molecule has 0 saturated heterocycles. The minimum atomic E-state index is 0.935. The zero-order valence-corrected chi connectivity index (χ0v) is 77.6. The predicted octanol–water partition coefficient (Wildman–Crippen LogP) is 38.7. The first-order valence-electron chi connectivity index (χ1n) is 47.4. The third kappa shape index (κ3) is 10.3. The Bertz CT molecular complexity index is 11900. The molecule has 0 saturated carbocycles. The van der Waals surface area contributed by atoms with Crippen LogP contribution in [0.2, 0.25) is 0 Å². The zero-order chi connectivity index (χ0) is 90.7. The topological polar surface area (TPSA) is 70.2 Å². The number of fused-ring (bicyclic) bond motifs is 62. The van der Waals surface area contributed by atoms with Crippen molar-refractivity contribution in [3.05, 3.63) is 413 Å². The summed E-state index contributed by atoms with van der Waals surface area (Å²) in [4.78, 5) is 0. The van der Waals surface area contributed by atoms with Gasteiger partial charge in [-0.3, -0.25) is 0 Å². The van der Waals surface area contributed by atoms with Crippen LogP contribution in [0.5, 0.6) is 0 Å². The molecule has 20 aromatic carbocycles. The molecule has 0 radical (unpaired) electrons. The Morgan fingerprint density at radius 1 is 0.143 bits per heavy atom. The Balaban J connectivity index is 0.0000000829. The van der Waals surface area contributed by atoms with Crippen LogP contribution < -0.4 is 0 Å². The van der Waals surface area contributed by atoms with Crippen molar-refractivity contribution in [2.24, 2.45) is 0 Å². The Labute approximate surface area is 807 Å². The van der Waals surface area contributed by atoms with Gasteiger partial charge in [-0.05, 0) is 121 Å². The third-order valence-electron chi connectivity index (χ3n) is 30.2. The zero-order valence-electron chi connectivity index (χ0n) is 74.3. The van der Waals surface area contributed by atoms with E-state index in [-0.39, 0.29) is 0 Å². The van der Waals surface area contributed by atoms with E-state index in [0.717, 1.165) is 44.7 Å². The molecule has 0 N–H and O–H groups in total. The van der Waals surface area contributed by atoms with Crippen molar-refractivity contribution in [2.75, 3.05) is 0 Å². The second-order valence-corrected chi connectivity index (χ2v) is 41.7. The molecule has 8 nitrogen and oxygen atoms in total. The molecule has 16 aromatic heterocycles. The lowest BCUT2D eigenvalue weighted by Gasteiger charge is -2.12. The van der Waals surface area contributed by atoms with Gasteiger partial charge in [-0.2, -0.15) is 0 Å². The van der Waals surface area contributed by atoms with Gasteiger partial charge < -0.3 is 35.3 Å². The van der Waals surface area contributed by atoms with E-state index in [4.69, 9.17) is 17.7 Å². The molecule has 0 bridgehead atoms. The second kappa shape index (κ2) is 28.2. The van der Waals surface area contributed by atoms with Crippen LogP contribution in [-0.2, 0) is 0 Å². The number of benzene rings is 20. The molecule has 16 heterocycles. The van der Waals surface area contributed by atoms with E-state index in [2.05, 4.69) is 406 Å². The standard InChI is InChI=1S/4C32H17NOS/c1-2-8-19-18(7-1)17-33-25-15-23-20-9-4-6-12-28(20)35-29(23)16-24(25)30-22(32(19)33)13-14-27-31(30)21-10-3-5-11-26(21)34-27;1-2-8-19-18(7-1)17-33-31(19)22-13-15-25-29(20-9-3-5-11-24(20)34-25)28(22)23-14-16-27-30(32(23)33)21-10-4-6-12-26(21)35-27;1-2-8-19-18(7-1)17-33-26-16-29-24(21-10-4-6-12-28(21)35-29)15-25(26)30-23(31(19)33)14-13-22-20-9-3-5-11-27(20)34-32(22)30;1-2-8-19-18(7-1)17-33-30(19)23-14-13-21-20-9-3-5-11-25(20)34-32(21)28(23)24-15-16-27-29(31(24)33)22-10-4-6-12-26(22)35-27/h4*1-17H. The Morgan fingerprint density at radius 3 is 0.900 bits per heavy atom. The van der Waals surface area contributed by atoms with Gasteiger partial charge in [0, 0.05) is 256 Å². The van der Waals surface area contributed by atoms with Gasteiger partial charge in [0.05, 0.1) is 44.1 Å². The van der Waals surface area contributed by atoms with Gasteiger partial charge >= 0.3 is 0 Å². The minimum absolute atomic E-state index is 0.935. The molecule has 0 aliphatic rings. The first-order chi connectivity index (χ1) is 69.4. The highest BCUT2D eigenvalue weighted by atomic mass is 32.1.